The van der Waals surface area contributed by atoms with Crippen molar-refractivity contribution in [3.8, 4) is 5.75 Å². The van der Waals surface area contributed by atoms with E-state index in [0.29, 0.717) is 22.8 Å². The second-order valence-corrected chi connectivity index (χ2v) is 8.25. The summed E-state index contributed by atoms with van der Waals surface area (Å²) < 4.78 is 5.33. The molecule has 0 radical (unpaired) electrons. The fourth-order valence-electron chi connectivity index (χ4n) is 3.32. The molecule has 1 heterocycles. The molecule has 30 heavy (non-hydrogen) atoms. The maximum atomic E-state index is 12.4. The molecule has 1 aliphatic carbocycles. The number of rotatable bonds is 6. The summed E-state index contributed by atoms with van der Waals surface area (Å²) in [5.41, 5.74) is 6.45. The number of amides is 3. The van der Waals surface area contributed by atoms with Crippen molar-refractivity contribution in [1.82, 2.24) is 16.2 Å². The molecule has 2 aromatic rings. The smallest absolute Gasteiger partial charge is 0.279 e. The van der Waals surface area contributed by atoms with Crippen LogP contribution in [0.25, 0.3) is 0 Å². The van der Waals surface area contributed by atoms with Crippen LogP contribution >= 0.6 is 11.3 Å². The average molecular weight is 430 g/mol. The number of hydrogen-bond donors (Lipinski definition) is 3. The summed E-state index contributed by atoms with van der Waals surface area (Å²) in [5.74, 6) is -0.538. The SMILES string of the molecule is CCOc1ccc(C(=O)NCC(=O)NNC(=O)c2cc3c(s2)CCCCCC3)cc1. The lowest BCUT2D eigenvalue weighted by Crippen LogP contribution is -2.46. The molecular formula is C22H27N3O4S. The highest BCUT2D eigenvalue weighted by Gasteiger charge is 2.16. The van der Waals surface area contributed by atoms with Crippen LogP contribution in [0.5, 0.6) is 5.75 Å². The molecule has 1 aromatic heterocycles. The van der Waals surface area contributed by atoms with Gasteiger partial charge in [0.15, 0.2) is 0 Å². The first-order chi connectivity index (χ1) is 14.6. The summed E-state index contributed by atoms with van der Waals surface area (Å²) in [4.78, 5) is 38.3. The van der Waals surface area contributed by atoms with Gasteiger partial charge in [0.25, 0.3) is 17.7 Å². The number of ether oxygens (including phenoxy) is 1. The van der Waals surface area contributed by atoms with Gasteiger partial charge < -0.3 is 10.1 Å². The predicted molar refractivity (Wildman–Crippen MR) is 116 cm³/mol. The van der Waals surface area contributed by atoms with Crippen molar-refractivity contribution in [3.63, 3.8) is 0 Å². The highest BCUT2D eigenvalue weighted by molar-refractivity contribution is 7.14. The minimum atomic E-state index is -0.502. The van der Waals surface area contributed by atoms with Gasteiger partial charge in [0.2, 0.25) is 0 Å². The van der Waals surface area contributed by atoms with Crippen LogP contribution < -0.4 is 20.9 Å². The number of fused-ring (bicyclic) bond motifs is 1. The van der Waals surface area contributed by atoms with E-state index >= 15 is 0 Å². The summed E-state index contributed by atoms with van der Waals surface area (Å²) in [6, 6.07) is 8.58. The topological polar surface area (TPSA) is 96.5 Å². The predicted octanol–water partition coefficient (Wildman–Crippen LogP) is 3.00. The minimum Gasteiger partial charge on any atom is -0.494 e. The number of carbonyl (C=O) groups excluding carboxylic acids is 3. The maximum Gasteiger partial charge on any atom is 0.279 e. The van der Waals surface area contributed by atoms with Crippen LogP contribution in [0.1, 0.15) is 63.1 Å². The molecule has 0 atom stereocenters. The lowest BCUT2D eigenvalue weighted by atomic mass is 10.00. The zero-order valence-corrected chi connectivity index (χ0v) is 17.9. The first-order valence-electron chi connectivity index (χ1n) is 10.3. The van der Waals surface area contributed by atoms with E-state index in [4.69, 9.17) is 4.74 Å². The Morgan fingerprint density at radius 3 is 2.43 bits per heavy atom. The van der Waals surface area contributed by atoms with Crippen molar-refractivity contribution in [3.05, 3.63) is 51.2 Å². The van der Waals surface area contributed by atoms with Crippen molar-refractivity contribution in [2.75, 3.05) is 13.2 Å². The Kier molecular flexibility index (Phi) is 7.84. The Hall–Kier alpha value is -2.87. The monoisotopic (exact) mass is 429 g/mol. The molecule has 3 rings (SSSR count). The molecule has 0 fully saturated rings. The molecule has 0 aliphatic heterocycles. The van der Waals surface area contributed by atoms with Crippen molar-refractivity contribution in [2.24, 2.45) is 0 Å². The molecule has 1 aliphatic rings. The molecule has 0 saturated heterocycles. The lowest BCUT2D eigenvalue weighted by Gasteiger charge is -2.08. The summed E-state index contributed by atoms with van der Waals surface area (Å²) in [5, 5.41) is 2.53. The van der Waals surface area contributed by atoms with Crippen LogP contribution in [0.2, 0.25) is 0 Å². The largest absolute Gasteiger partial charge is 0.494 e. The van der Waals surface area contributed by atoms with Gasteiger partial charge in [0.05, 0.1) is 18.0 Å². The van der Waals surface area contributed by atoms with Gasteiger partial charge in [-0.2, -0.15) is 0 Å². The van der Waals surface area contributed by atoms with Crippen molar-refractivity contribution >= 4 is 29.1 Å². The normalized spacial score (nSPS) is 13.4. The highest BCUT2D eigenvalue weighted by Crippen LogP contribution is 2.28. The average Bonchev–Trinajstić information content (AvgIpc) is 3.13. The number of benzene rings is 1. The molecule has 1 aromatic carbocycles. The van der Waals surface area contributed by atoms with Gasteiger partial charge in [0, 0.05) is 10.4 Å². The number of carbonyl (C=O) groups is 3. The molecule has 8 heteroatoms. The minimum absolute atomic E-state index is 0.243. The fourth-order valence-corrected chi connectivity index (χ4v) is 4.47. The third kappa shape index (κ3) is 6.06. The Morgan fingerprint density at radius 1 is 0.967 bits per heavy atom. The highest BCUT2D eigenvalue weighted by atomic mass is 32.1. The number of nitrogens with one attached hydrogen (secondary N) is 3. The van der Waals surface area contributed by atoms with Gasteiger partial charge >= 0.3 is 0 Å². The van der Waals surface area contributed by atoms with E-state index in [1.807, 2.05) is 13.0 Å². The molecular weight excluding hydrogens is 402 g/mol. The quantitative estimate of drug-likeness (QED) is 0.615. The van der Waals surface area contributed by atoms with E-state index in [0.717, 1.165) is 25.7 Å². The molecule has 0 spiro atoms. The zero-order chi connectivity index (χ0) is 21.3. The van der Waals surface area contributed by atoms with Gasteiger partial charge in [-0.05, 0) is 68.5 Å². The van der Waals surface area contributed by atoms with Crippen LogP contribution in [0, 0.1) is 0 Å². The van der Waals surface area contributed by atoms with Gasteiger partial charge in [-0.25, -0.2) is 0 Å². The van der Waals surface area contributed by atoms with Crippen LogP contribution in [0.3, 0.4) is 0 Å². The number of hydrazine groups is 1. The third-order valence-corrected chi connectivity index (χ3v) is 6.11. The van der Waals surface area contributed by atoms with Crippen LogP contribution in [0.4, 0.5) is 0 Å². The molecule has 3 amide bonds. The van der Waals surface area contributed by atoms with E-state index in [-0.39, 0.29) is 18.4 Å². The number of aryl methyl sites for hydroxylation is 2. The van der Waals surface area contributed by atoms with Gasteiger partial charge in [-0.15, -0.1) is 11.3 Å². The molecule has 0 saturated carbocycles. The maximum absolute atomic E-state index is 12.4. The number of hydrogen-bond acceptors (Lipinski definition) is 5. The summed E-state index contributed by atoms with van der Waals surface area (Å²) in [6.07, 6.45) is 6.78. The van der Waals surface area contributed by atoms with E-state index in [2.05, 4.69) is 16.2 Å². The summed E-state index contributed by atoms with van der Waals surface area (Å²) in [7, 11) is 0. The van der Waals surface area contributed by atoms with E-state index < -0.39 is 5.91 Å². The van der Waals surface area contributed by atoms with E-state index in [1.54, 1.807) is 24.3 Å². The number of thiophene rings is 1. The lowest BCUT2D eigenvalue weighted by molar-refractivity contribution is -0.120. The molecule has 7 nitrogen and oxygen atoms in total. The van der Waals surface area contributed by atoms with Crippen LogP contribution in [-0.4, -0.2) is 30.9 Å². The molecule has 0 bridgehead atoms. The summed E-state index contributed by atoms with van der Waals surface area (Å²) >= 11 is 1.49. The standard InChI is InChI=1S/C22H27N3O4S/c1-2-29-17-11-9-15(10-12-17)21(27)23-14-20(26)24-25-22(28)19-13-16-7-5-3-4-6-8-18(16)30-19/h9-13H,2-8,14H2,1H3,(H,23,27)(H,24,26)(H,25,28). The molecule has 160 valence electrons. The van der Waals surface area contributed by atoms with Crippen molar-refractivity contribution in [1.29, 1.82) is 0 Å². The van der Waals surface area contributed by atoms with Crippen LogP contribution in [-0.2, 0) is 17.6 Å². The Bertz CT molecular complexity index is 867. The second-order valence-electron chi connectivity index (χ2n) is 7.12. The van der Waals surface area contributed by atoms with Crippen LogP contribution in [0.15, 0.2) is 30.3 Å². The van der Waals surface area contributed by atoms with Gasteiger partial charge in [-0.1, -0.05) is 12.8 Å². The Labute approximate surface area is 180 Å². The Balaban J connectivity index is 1.44. The molecule has 3 N–H and O–H groups in total. The third-order valence-electron chi connectivity index (χ3n) is 4.87. The van der Waals surface area contributed by atoms with E-state index in [1.165, 1.54) is 34.6 Å². The first-order valence-corrected chi connectivity index (χ1v) is 11.1. The van der Waals surface area contributed by atoms with Crippen molar-refractivity contribution < 1.29 is 19.1 Å². The summed E-state index contributed by atoms with van der Waals surface area (Å²) in [6.45, 7) is 2.19. The first kappa shape index (κ1) is 21.8. The molecule has 0 unspecified atom stereocenters. The van der Waals surface area contributed by atoms with Gasteiger partial charge in [-0.3, -0.25) is 25.2 Å². The van der Waals surface area contributed by atoms with Crippen molar-refractivity contribution in [2.45, 2.75) is 45.4 Å². The second kappa shape index (κ2) is 10.8. The van der Waals surface area contributed by atoms with E-state index in [9.17, 15) is 14.4 Å². The zero-order valence-electron chi connectivity index (χ0n) is 17.1. The van der Waals surface area contributed by atoms with Gasteiger partial charge in [0.1, 0.15) is 5.75 Å². The Morgan fingerprint density at radius 2 is 1.70 bits per heavy atom. The fraction of sp³-hybridized carbons (Fsp3) is 0.409.